The highest BCUT2D eigenvalue weighted by Gasteiger charge is 2.27. The monoisotopic (exact) mass is 377 g/mol. The number of fused-ring (bicyclic) bond motifs is 1. The number of alkyl halides is 1. The molecule has 1 aromatic heterocycles. The number of aromatic nitrogens is 1. The molecule has 3 heterocycles. The molecule has 4 rings (SSSR count). The van der Waals surface area contributed by atoms with Gasteiger partial charge in [-0.2, -0.15) is 0 Å². The molecule has 2 atom stereocenters. The summed E-state index contributed by atoms with van der Waals surface area (Å²) in [6.45, 7) is 7.31. The van der Waals surface area contributed by atoms with E-state index in [0.29, 0.717) is 18.7 Å². The molecular formula is C23H24FN3O. The Hall–Kier alpha value is -2.92. The van der Waals surface area contributed by atoms with Crippen molar-refractivity contribution in [3.05, 3.63) is 78.8 Å². The van der Waals surface area contributed by atoms with Gasteiger partial charge in [-0.3, -0.25) is 0 Å². The van der Waals surface area contributed by atoms with E-state index in [1.165, 1.54) is 0 Å². The first-order valence-corrected chi connectivity index (χ1v) is 9.58. The van der Waals surface area contributed by atoms with Gasteiger partial charge < -0.3 is 15.0 Å². The molecule has 1 N–H and O–H groups in total. The van der Waals surface area contributed by atoms with Crippen LogP contribution in [0.3, 0.4) is 0 Å². The molecule has 1 fully saturated rings. The number of pyridine rings is 1. The van der Waals surface area contributed by atoms with Gasteiger partial charge in [0.2, 0.25) is 0 Å². The summed E-state index contributed by atoms with van der Waals surface area (Å²) in [7, 11) is 0. The fourth-order valence-electron chi connectivity index (χ4n) is 3.53. The van der Waals surface area contributed by atoms with Crippen LogP contribution in [-0.4, -0.2) is 35.2 Å². The number of benzene rings is 1. The van der Waals surface area contributed by atoms with Crippen molar-refractivity contribution in [2.45, 2.75) is 25.6 Å². The topological polar surface area (TPSA) is 37.4 Å². The molecular weight excluding hydrogens is 353 g/mol. The Labute approximate surface area is 164 Å². The first-order valence-electron chi connectivity index (χ1n) is 9.58. The van der Waals surface area contributed by atoms with Crippen molar-refractivity contribution in [2.24, 2.45) is 0 Å². The highest BCUT2D eigenvalue weighted by atomic mass is 19.1. The van der Waals surface area contributed by atoms with Crippen LogP contribution < -0.4 is 10.1 Å². The van der Waals surface area contributed by atoms with Crippen molar-refractivity contribution in [2.75, 3.05) is 13.1 Å². The summed E-state index contributed by atoms with van der Waals surface area (Å²) in [5, 5.41) is 4.01. The van der Waals surface area contributed by atoms with Gasteiger partial charge in [-0.1, -0.05) is 36.9 Å². The third-order valence-corrected chi connectivity index (χ3v) is 5.08. The molecule has 2 aromatic rings. The number of para-hydroxylation sites is 1. The summed E-state index contributed by atoms with van der Waals surface area (Å²) in [6, 6.07) is 9.72. The van der Waals surface area contributed by atoms with E-state index in [1.54, 1.807) is 0 Å². The average Bonchev–Trinajstić information content (AvgIpc) is 2.74. The second-order valence-corrected chi connectivity index (χ2v) is 6.92. The van der Waals surface area contributed by atoms with Crippen LogP contribution in [-0.2, 0) is 0 Å². The Morgan fingerprint density at radius 3 is 3.04 bits per heavy atom. The fourth-order valence-corrected chi connectivity index (χ4v) is 3.53. The largest absolute Gasteiger partial charge is 0.485 e. The first kappa shape index (κ1) is 18.4. The third kappa shape index (κ3) is 3.58. The predicted molar refractivity (Wildman–Crippen MR) is 111 cm³/mol. The minimum absolute atomic E-state index is 0.325. The van der Waals surface area contributed by atoms with E-state index in [9.17, 15) is 4.39 Å². The number of hydrogen-bond donors (Lipinski definition) is 1. The summed E-state index contributed by atoms with van der Waals surface area (Å²) in [6.07, 6.45) is 9.14. The number of nitrogens with one attached hydrogen (secondary N) is 1. The Morgan fingerprint density at radius 2 is 2.21 bits per heavy atom. The van der Waals surface area contributed by atoms with Crippen LogP contribution in [0.15, 0.2) is 73.1 Å². The van der Waals surface area contributed by atoms with Gasteiger partial charge in [0.05, 0.1) is 11.4 Å². The summed E-state index contributed by atoms with van der Waals surface area (Å²) in [4.78, 5) is 6.82. The molecule has 4 nitrogen and oxygen atoms in total. The van der Waals surface area contributed by atoms with Gasteiger partial charge in [0.1, 0.15) is 23.5 Å². The Kier molecular flexibility index (Phi) is 5.26. The van der Waals surface area contributed by atoms with Crippen molar-refractivity contribution < 1.29 is 9.13 Å². The van der Waals surface area contributed by atoms with E-state index in [1.807, 2.05) is 72.7 Å². The molecule has 0 bridgehead atoms. The number of piperidine rings is 1. The molecule has 0 amide bonds. The molecule has 5 heteroatoms. The maximum Gasteiger partial charge on any atom is 0.149 e. The number of halogens is 1. The Balaban J connectivity index is 1.67. The highest BCUT2D eigenvalue weighted by Crippen LogP contribution is 2.30. The van der Waals surface area contributed by atoms with Crippen LogP contribution >= 0.6 is 0 Å². The van der Waals surface area contributed by atoms with E-state index < -0.39 is 12.3 Å². The lowest BCUT2D eigenvalue weighted by Crippen LogP contribution is -2.44. The smallest absolute Gasteiger partial charge is 0.149 e. The second kappa shape index (κ2) is 7.98. The van der Waals surface area contributed by atoms with Crippen LogP contribution in [0.1, 0.15) is 19.0 Å². The number of nitrogens with zero attached hydrogens (tertiary/aromatic N) is 2. The van der Waals surface area contributed by atoms with Crippen LogP contribution in [0.4, 0.5) is 4.39 Å². The minimum atomic E-state index is -1.02. The lowest BCUT2D eigenvalue weighted by atomic mass is 10.1. The van der Waals surface area contributed by atoms with E-state index >= 15 is 0 Å². The van der Waals surface area contributed by atoms with Gasteiger partial charge in [0.25, 0.3) is 0 Å². The number of hydrogen-bond acceptors (Lipinski definition) is 4. The molecule has 28 heavy (non-hydrogen) atoms. The lowest BCUT2D eigenvalue weighted by Gasteiger charge is -2.28. The summed E-state index contributed by atoms with van der Waals surface area (Å²) >= 11 is 0. The van der Waals surface area contributed by atoms with Gasteiger partial charge in [-0.05, 0) is 44.2 Å². The first-order chi connectivity index (χ1) is 13.7. The van der Waals surface area contributed by atoms with Crippen LogP contribution in [0.5, 0.6) is 5.75 Å². The zero-order chi connectivity index (χ0) is 19.5. The molecule has 0 spiro atoms. The average molecular weight is 377 g/mol. The van der Waals surface area contributed by atoms with Crippen molar-refractivity contribution in [1.82, 2.24) is 15.2 Å². The van der Waals surface area contributed by atoms with Crippen molar-refractivity contribution in [3.8, 4) is 5.75 Å². The van der Waals surface area contributed by atoms with E-state index in [0.717, 1.165) is 34.5 Å². The van der Waals surface area contributed by atoms with Gasteiger partial charge >= 0.3 is 0 Å². The van der Waals surface area contributed by atoms with Crippen molar-refractivity contribution >= 4 is 16.6 Å². The van der Waals surface area contributed by atoms with Gasteiger partial charge in [0, 0.05) is 23.8 Å². The molecule has 144 valence electrons. The maximum atomic E-state index is 14.2. The highest BCUT2D eigenvalue weighted by molar-refractivity contribution is 5.86. The number of rotatable bonds is 4. The van der Waals surface area contributed by atoms with E-state index in [-0.39, 0.29) is 0 Å². The Bertz CT molecular complexity index is 979. The molecule has 2 aliphatic heterocycles. The number of allylic oxidation sites excluding steroid dienone is 4. The van der Waals surface area contributed by atoms with Gasteiger partial charge in [-0.25, -0.2) is 9.37 Å². The molecule has 1 saturated heterocycles. The summed E-state index contributed by atoms with van der Waals surface area (Å²) in [5.41, 5.74) is 3.29. The summed E-state index contributed by atoms with van der Waals surface area (Å²) < 4.78 is 20.3. The number of ether oxygens (including phenoxy) is 1. The zero-order valence-electron chi connectivity index (χ0n) is 15.9. The van der Waals surface area contributed by atoms with E-state index in [4.69, 9.17) is 9.72 Å². The molecule has 0 aliphatic carbocycles. The zero-order valence-corrected chi connectivity index (χ0v) is 15.9. The minimum Gasteiger partial charge on any atom is -0.485 e. The SMILES string of the molecule is C=C(c1ccc2cccc(OC3CCNCC3F)c2n1)N1C=CC=C/C1=C/C. The maximum absolute atomic E-state index is 14.2. The predicted octanol–water partition coefficient (Wildman–Crippen LogP) is 4.57. The van der Waals surface area contributed by atoms with Crippen LogP contribution in [0.2, 0.25) is 0 Å². The lowest BCUT2D eigenvalue weighted by molar-refractivity contribution is 0.0742. The van der Waals surface area contributed by atoms with Crippen molar-refractivity contribution in [3.63, 3.8) is 0 Å². The normalized spacial score (nSPS) is 23.4. The molecule has 2 aliphatic rings. The van der Waals surface area contributed by atoms with Crippen LogP contribution in [0, 0.1) is 0 Å². The van der Waals surface area contributed by atoms with Crippen molar-refractivity contribution in [1.29, 1.82) is 0 Å². The second-order valence-electron chi connectivity index (χ2n) is 6.92. The summed E-state index contributed by atoms with van der Waals surface area (Å²) in [5.74, 6) is 0.613. The fraction of sp³-hybridized carbons (Fsp3) is 0.261. The molecule has 1 aromatic carbocycles. The molecule has 2 unspecified atom stereocenters. The van der Waals surface area contributed by atoms with E-state index in [2.05, 4.69) is 11.9 Å². The third-order valence-electron chi connectivity index (χ3n) is 5.08. The Morgan fingerprint density at radius 1 is 1.32 bits per heavy atom. The molecule has 0 saturated carbocycles. The standard InChI is InChI=1S/C23H24FN3O/c1-3-18-8-4-5-14-27(18)16(2)20-11-10-17-7-6-9-22(23(17)26-20)28-21-12-13-25-15-19(21)24/h3-11,14,19,21,25H,2,12-13,15H2,1H3/b18-3-. The quantitative estimate of drug-likeness (QED) is 0.847. The van der Waals surface area contributed by atoms with Gasteiger partial charge in [-0.15, -0.1) is 0 Å². The molecule has 0 radical (unpaired) electrons. The van der Waals surface area contributed by atoms with Gasteiger partial charge in [0.15, 0.2) is 0 Å². The van der Waals surface area contributed by atoms with Crippen LogP contribution in [0.25, 0.3) is 16.6 Å².